The van der Waals surface area contributed by atoms with Crippen LogP contribution in [0.4, 0.5) is 14.5 Å². The number of hydrogen-bond acceptors (Lipinski definition) is 2. The highest BCUT2D eigenvalue weighted by atomic mass is 19.1. The predicted octanol–water partition coefficient (Wildman–Crippen LogP) is 2.47. The van der Waals surface area contributed by atoms with Gasteiger partial charge in [-0.1, -0.05) is 30.3 Å². The molecule has 0 aliphatic rings. The number of carbonyl (C=O) groups is 1. The zero-order valence-corrected chi connectivity index (χ0v) is 10.6. The maximum atomic E-state index is 13.4. The highest BCUT2D eigenvalue weighted by Gasteiger charge is 2.16. The van der Waals surface area contributed by atoms with Crippen molar-refractivity contribution in [3.63, 3.8) is 0 Å². The van der Waals surface area contributed by atoms with Gasteiger partial charge in [-0.15, -0.1) is 0 Å². The molecule has 0 heterocycles. The molecule has 0 fully saturated rings. The first-order valence-electron chi connectivity index (χ1n) is 6.11. The largest absolute Gasteiger partial charge is 0.322 e. The first kappa shape index (κ1) is 14.1. The Balaban J connectivity index is 2.02. The van der Waals surface area contributed by atoms with E-state index in [1.54, 1.807) is 0 Å². The van der Waals surface area contributed by atoms with E-state index in [0.717, 1.165) is 23.8 Å². The number of benzene rings is 2. The lowest BCUT2D eigenvalue weighted by Crippen LogP contribution is -2.37. The molecule has 3 N–H and O–H groups in total. The molecule has 0 aromatic heterocycles. The van der Waals surface area contributed by atoms with E-state index in [1.165, 1.54) is 0 Å². The predicted molar refractivity (Wildman–Crippen MR) is 73.1 cm³/mol. The van der Waals surface area contributed by atoms with Gasteiger partial charge in [0, 0.05) is 6.07 Å². The zero-order chi connectivity index (χ0) is 14.5. The van der Waals surface area contributed by atoms with Gasteiger partial charge in [0.1, 0.15) is 11.6 Å². The van der Waals surface area contributed by atoms with Crippen molar-refractivity contribution in [2.24, 2.45) is 5.73 Å². The number of halogens is 2. The Morgan fingerprint density at radius 2 is 1.85 bits per heavy atom. The second-order valence-electron chi connectivity index (χ2n) is 4.41. The number of anilines is 1. The molecular weight excluding hydrogens is 262 g/mol. The lowest BCUT2D eigenvalue weighted by Gasteiger charge is -2.13. The summed E-state index contributed by atoms with van der Waals surface area (Å²) in [4.78, 5) is 11.9. The molecule has 0 radical (unpaired) electrons. The van der Waals surface area contributed by atoms with Gasteiger partial charge >= 0.3 is 0 Å². The number of amides is 1. The van der Waals surface area contributed by atoms with E-state index in [4.69, 9.17) is 5.73 Å². The lowest BCUT2D eigenvalue weighted by molar-refractivity contribution is -0.117. The Morgan fingerprint density at radius 3 is 2.55 bits per heavy atom. The molecule has 0 bridgehead atoms. The van der Waals surface area contributed by atoms with Crippen molar-refractivity contribution in [1.82, 2.24) is 0 Å². The maximum absolute atomic E-state index is 13.4. The van der Waals surface area contributed by atoms with E-state index < -0.39 is 23.6 Å². The molecular formula is C15H14F2N2O. The fourth-order valence-electron chi connectivity index (χ4n) is 1.78. The fraction of sp³-hybridized carbons (Fsp3) is 0.133. The van der Waals surface area contributed by atoms with Crippen LogP contribution in [-0.2, 0) is 11.2 Å². The topological polar surface area (TPSA) is 55.1 Å². The average Bonchev–Trinajstić information content (AvgIpc) is 2.44. The van der Waals surface area contributed by atoms with Gasteiger partial charge < -0.3 is 11.1 Å². The van der Waals surface area contributed by atoms with Crippen LogP contribution in [0.1, 0.15) is 5.56 Å². The summed E-state index contributed by atoms with van der Waals surface area (Å²) in [7, 11) is 0. The molecule has 5 heteroatoms. The third-order valence-electron chi connectivity index (χ3n) is 2.82. The van der Waals surface area contributed by atoms with Crippen molar-refractivity contribution in [2.45, 2.75) is 12.5 Å². The van der Waals surface area contributed by atoms with Crippen LogP contribution in [-0.4, -0.2) is 11.9 Å². The minimum atomic E-state index is -0.833. The lowest BCUT2D eigenvalue weighted by atomic mass is 10.1. The Kier molecular flexibility index (Phi) is 4.42. The number of nitrogens with one attached hydrogen (secondary N) is 1. The summed E-state index contributed by atoms with van der Waals surface area (Å²) in [6.07, 6.45) is 0.323. The van der Waals surface area contributed by atoms with Crippen LogP contribution in [0.5, 0.6) is 0 Å². The van der Waals surface area contributed by atoms with Gasteiger partial charge in [0.25, 0.3) is 0 Å². The number of carbonyl (C=O) groups excluding carboxylic acids is 1. The summed E-state index contributed by atoms with van der Waals surface area (Å²) in [5.41, 5.74) is 6.45. The van der Waals surface area contributed by atoms with Crippen molar-refractivity contribution < 1.29 is 13.6 Å². The molecule has 104 valence electrons. The maximum Gasteiger partial charge on any atom is 0.241 e. The highest BCUT2D eigenvalue weighted by molar-refractivity contribution is 5.94. The second kappa shape index (κ2) is 6.25. The number of hydrogen-bond donors (Lipinski definition) is 2. The highest BCUT2D eigenvalue weighted by Crippen LogP contribution is 2.15. The molecule has 0 unspecified atom stereocenters. The minimum Gasteiger partial charge on any atom is -0.322 e. The molecule has 1 atom stereocenters. The monoisotopic (exact) mass is 276 g/mol. The third kappa shape index (κ3) is 3.61. The van der Waals surface area contributed by atoms with Crippen molar-refractivity contribution in [3.8, 4) is 0 Å². The molecule has 0 aliphatic carbocycles. The molecule has 2 aromatic carbocycles. The average molecular weight is 276 g/mol. The van der Waals surface area contributed by atoms with Crippen LogP contribution < -0.4 is 11.1 Å². The van der Waals surface area contributed by atoms with Crippen LogP contribution in [0, 0.1) is 11.6 Å². The standard InChI is InChI=1S/C15H14F2N2O/c16-11-6-7-12(17)14(9-11)19-15(20)13(18)8-10-4-2-1-3-5-10/h1-7,9,13H,8,18H2,(H,19,20)/t13-/m0/s1. The zero-order valence-electron chi connectivity index (χ0n) is 10.6. The summed E-state index contributed by atoms with van der Waals surface area (Å²) in [6.45, 7) is 0. The van der Waals surface area contributed by atoms with Crippen molar-refractivity contribution in [3.05, 3.63) is 65.7 Å². The van der Waals surface area contributed by atoms with Gasteiger partial charge in [0.2, 0.25) is 5.91 Å². The van der Waals surface area contributed by atoms with Crippen LogP contribution >= 0.6 is 0 Å². The molecule has 2 rings (SSSR count). The Hall–Kier alpha value is -2.27. The van der Waals surface area contributed by atoms with E-state index in [-0.39, 0.29) is 5.69 Å². The second-order valence-corrected chi connectivity index (χ2v) is 4.41. The van der Waals surface area contributed by atoms with Crippen molar-refractivity contribution >= 4 is 11.6 Å². The van der Waals surface area contributed by atoms with Crippen molar-refractivity contribution in [1.29, 1.82) is 0 Å². The summed E-state index contributed by atoms with van der Waals surface area (Å²) in [5, 5.41) is 2.29. The van der Waals surface area contributed by atoms with E-state index >= 15 is 0 Å². The molecule has 20 heavy (non-hydrogen) atoms. The number of rotatable bonds is 4. The molecule has 2 aromatic rings. The van der Waals surface area contributed by atoms with E-state index in [2.05, 4.69) is 5.32 Å². The van der Waals surface area contributed by atoms with Gasteiger partial charge in [-0.25, -0.2) is 8.78 Å². The summed E-state index contributed by atoms with van der Waals surface area (Å²) < 4.78 is 26.4. The smallest absolute Gasteiger partial charge is 0.241 e. The molecule has 0 saturated carbocycles. The third-order valence-corrected chi connectivity index (χ3v) is 2.82. The Labute approximate surface area is 115 Å². The summed E-state index contributed by atoms with van der Waals surface area (Å²) in [5.74, 6) is -1.89. The first-order chi connectivity index (χ1) is 9.56. The quantitative estimate of drug-likeness (QED) is 0.901. The van der Waals surface area contributed by atoms with Gasteiger partial charge in [0.15, 0.2) is 0 Å². The van der Waals surface area contributed by atoms with Gasteiger partial charge in [-0.3, -0.25) is 4.79 Å². The SMILES string of the molecule is N[C@@H](Cc1ccccc1)C(=O)Nc1cc(F)ccc1F. The molecule has 0 aliphatic heterocycles. The Morgan fingerprint density at radius 1 is 1.15 bits per heavy atom. The summed E-state index contributed by atoms with van der Waals surface area (Å²) >= 11 is 0. The van der Waals surface area contributed by atoms with Crippen LogP contribution in [0.2, 0.25) is 0 Å². The van der Waals surface area contributed by atoms with Gasteiger partial charge in [0.05, 0.1) is 11.7 Å². The van der Waals surface area contributed by atoms with Crippen LogP contribution in [0.3, 0.4) is 0 Å². The first-order valence-corrected chi connectivity index (χ1v) is 6.11. The molecule has 0 saturated heterocycles. The van der Waals surface area contributed by atoms with E-state index in [1.807, 2.05) is 30.3 Å². The minimum absolute atomic E-state index is 0.210. The van der Waals surface area contributed by atoms with Gasteiger partial charge in [-0.05, 0) is 24.1 Å². The summed E-state index contributed by atoms with van der Waals surface area (Å²) in [6, 6.07) is 11.2. The fourth-order valence-corrected chi connectivity index (χ4v) is 1.78. The normalized spacial score (nSPS) is 11.9. The van der Waals surface area contributed by atoms with Gasteiger partial charge in [-0.2, -0.15) is 0 Å². The molecule has 3 nitrogen and oxygen atoms in total. The molecule has 0 spiro atoms. The van der Waals surface area contributed by atoms with E-state index in [0.29, 0.717) is 6.42 Å². The van der Waals surface area contributed by atoms with Crippen LogP contribution in [0.15, 0.2) is 48.5 Å². The van der Waals surface area contributed by atoms with Crippen LogP contribution in [0.25, 0.3) is 0 Å². The number of nitrogens with two attached hydrogens (primary N) is 1. The van der Waals surface area contributed by atoms with Crippen molar-refractivity contribution in [2.75, 3.05) is 5.32 Å². The Bertz CT molecular complexity index is 602. The van der Waals surface area contributed by atoms with E-state index in [9.17, 15) is 13.6 Å². The molecule has 1 amide bonds.